The molecule has 0 aliphatic heterocycles. The van der Waals surface area contributed by atoms with Gasteiger partial charge in [-0.25, -0.2) is 10.2 Å². The van der Waals surface area contributed by atoms with Crippen molar-refractivity contribution in [1.82, 2.24) is 5.43 Å². The molecule has 5 rings (SSSR count). The zero-order chi connectivity index (χ0) is 18.9. The van der Waals surface area contributed by atoms with Crippen LogP contribution in [0.2, 0.25) is 0 Å². The molecule has 1 aromatic carbocycles. The van der Waals surface area contributed by atoms with Crippen LogP contribution < -0.4 is 10.2 Å². The van der Waals surface area contributed by atoms with Crippen LogP contribution >= 0.6 is 0 Å². The second kappa shape index (κ2) is 7.33. The lowest BCUT2D eigenvalue weighted by molar-refractivity contribution is -0.139. The standard InChI is InChI=1S/C21H26N2O4/c24-19(11-21-8-15-5-16(9-21)7-17(6-15)10-21)23-22-12-14-1-3-18(4-2-14)27-13-20(25)26/h1-4,12,15-17H,5-11,13H2,(H,23,24)(H,25,26)/b22-12-. The molecule has 4 bridgehead atoms. The van der Waals surface area contributed by atoms with Crippen LogP contribution in [0.25, 0.3) is 0 Å². The van der Waals surface area contributed by atoms with Crippen LogP contribution in [0.1, 0.15) is 50.5 Å². The summed E-state index contributed by atoms with van der Waals surface area (Å²) in [5, 5.41) is 12.7. The number of rotatable bonds is 7. The summed E-state index contributed by atoms with van der Waals surface area (Å²) in [6.07, 6.45) is 9.98. The number of hydrogen-bond acceptors (Lipinski definition) is 4. The molecule has 6 heteroatoms. The Morgan fingerprint density at radius 1 is 1.11 bits per heavy atom. The molecule has 2 N–H and O–H groups in total. The Labute approximate surface area is 159 Å². The number of benzene rings is 1. The van der Waals surface area contributed by atoms with Crippen molar-refractivity contribution in [3.8, 4) is 5.75 Å². The van der Waals surface area contributed by atoms with E-state index in [2.05, 4.69) is 10.5 Å². The number of carboxylic acids is 1. The molecule has 4 aliphatic carbocycles. The average molecular weight is 370 g/mol. The summed E-state index contributed by atoms with van der Waals surface area (Å²) in [6.45, 7) is -0.367. The Kier molecular flexibility index (Phi) is 4.89. The van der Waals surface area contributed by atoms with Crippen LogP contribution in [0, 0.1) is 23.2 Å². The minimum atomic E-state index is -1.01. The number of nitrogens with one attached hydrogen (secondary N) is 1. The molecule has 0 spiro atoms. The molecular formula is C21H26N2O4. The molecule has 4 fully saturated rings. The number of carbonyl (C=O) groups is 2. The second-order valence-corrected chi connectivity index (χ2v) is 8.64. The maximum atomic E-state index is 12.4. The molecule has 4 saturated carbocycles. The molecule has 4 aliphatic rings. The van der Waals surface area contributed by atoms with E-state index in [9.17, 15) is 9.59 Å². The SMILES string of the molecule is O=C(O)COc1ccc(/C=N\NC(=O)CC23CC4CC(CC(C4)C2)C3)cc1. The van der Waals surface area contributed by atoms with E-state index in [0.717, 1.165) is 23.3 Å². The van der Waals surface area contributed by atoms with Crippen LogP contribution in [0.3, 0.4) is 0 Å². The topological polar surface area (TPSA) is 88.0 Å². The summed E-state index contributed by atoms with van der Waals surface area (Å²) >= 11 is 0. The molecular weight excluding hydrogens is 344 g/mol. The number of nitrogens with zero attached hydrogens (tertiary/aromatic N) is 1. The summed E-state index contributed by atoms with van der Waals surface area (Å²) < 4.78 is 5.09. The van der Waals surface area contributed by atoms with Gasteiger partial charge in [-0.1, -0.05) is 0 Å². The van der Waals surface area contributed by atoms with E-state index in [0.29, 0.717) is 12.2 Å². The normalized spacial score (nSPS) is 31.2. The number of amides is 1. The van der Waals surface area contributed by atoms with Crippen molar-refractivity contribution in [2.75, 3.05) is 6.61 Å². The van der Waals surface area contributed by atoms with E-state index in [1.807, 2.05) is 0 Å². The Bertz CT molecular complexity index is 706. The molecule has 1 amide bonds. The highest BCUT2D eigenvalue weighted by Crippen LogP contribution is 2.61. The Hall–Kier alpha value is -2.37. The molecule has 1 aromatic rings. The maximum absolute atomic E-state index is 12.4. The Morgan fingerprint density at radius 2 is 1.70 bits per heavy atom. The predicted octanol–water partition coefficient (Wildman–Crippen LogP) is 3.21. The van der Waals surface area contributed by atoms with Gasteiger partial charge in [0.25, 0.3) is 0 Å². The van der Waals surface area contributed by atoms with Crippen molar-refractivity contribution in [2.24, 2.45) is 28.3 Å². The number of carbonyl (C=O) groups excluding carboxylic acids is 1. The van der Waals surface area contributed by atoms with Crippen LogP contribution in [0.5, 0.6) is 5.75 Å². The van der Waals surface area contributed by atoms with Gasteiger partial charge in [0.15, 0.2) is 6.61 Å². The fourth-order valence-corrected chi connectivity index (χ4v) is 5.86. The molecule has 0 unspecified atom stereocenters. The summed E-state index contributed by atoms with van der Waals surface area (Å²) in [7, 11) is 0. The lowest BCUT2D eigenvalue weighted by Crippen LogP contribution is -2.47. The van der Waals surface area contributed by atoms with E-state index >= 15 is 0 Å². The first-order chi connectivity index (χ1) is 13.0. The van der Waals surface area contributed by atoms with E-state index in [-0.39, 0.29) is 17.9 Å². The smallest absolute Gasteiger partial charge is 0.341 e. The van der Waals surface area contributed by atoms with Crippen molar-refractivity contribution in [3.05, 3.63) is 29.8 Å². The van der Waals surface area contributed by atoms with Crippen molar-refractivity contribution < 1.29 is 19.4 Å². The van der Waals surface area contributed by atoms with Gasteiger partial charge in [-0.15, -0.1) is 0 Å². The van der Waals surface area contributed by atoms with Gasteiger partial charge in [0.1, 0.15) is 5.75 Å². The molecule has 0 heterocycles. The van der Waals surface area contributed by atoms with Gasteiger partial charge >= 0.3 is 5.97 Å². The summed E-state index contributed by atoms with van der Waals surface area (Å²) in [5.41, 5.74) is 3.71. The van der Waals surface area contributed by atoms with Gasteiger partial charge < -0.3 is 9.84 Å². The van der Waals surface area contributed by atoms with Gasteiger partial charge in [0.05, 0.1) is 6.21 Å². The lowest BCUT2D eigenvalue weighted by atomic mass is 9.49. The fraction of sp³-hybridized carbons (Fsp3) is 0.571. The highest BCUT2D eigenvalue weighted by atomic mass is 16.5. The highest BCUT2D eigenvalue weighted by Gasteiger charge is 2.51. The second-order valence-electron chi connectivity index (χ2n) is 8.64. The molecule has 6 nitrogen and oxygen atoms in total. The minimum absolute atomic E-state index is 0.00890. The zero-order valence-electron chi connectivity index (χ0n) is 15.4. The molecule has 144 valence electrons. The molecule has 0 aromatic heterocycles. The van der Waals surface area contributed by atoms with E-state index in [1.54, 1.807) is 30.5 Å². The van der Waals surface area contributed by atoms with Crippen molar-refractivity contribution in [3.63, 3.8) is 0 Å². The lowest BCUT2D eigenvalue weighted by Gasteiger charge is -2.56. The fourth-order valence-electron chi connectivity index (χ4n) is 5.86. The van der Waals surface area contributed by atoms with Crippen LogP contribution in [0.4, 0.5) is 0 Å². The zero-order valence-corrected chi connectivity index (χ0v) is 15.4. The van der Waals surface area contributed by atoms with E-state index in [4.69, 9.17) is 9.84 Å². The summed E-state index contributed by atoms with van der Waals surface area (Å²) in [6, 6.07) is 6.90. The van der Waals surface area contributed by atoms with Crippen molar-refractivity contribution in [1.29, 1.82) is 0 Å². The van der Waals surface area contributed by atoms with Crippen molar-refractivity contribution in [2.45, 2.75) is 44.9 Å². The monoisotopic (exact) mass is 370 g/mol. The minimum Gasteiger partial charge on any atom is -0.482 e. The third kappa shape index (κ3) is 4.31. The van der Waals surface area contributed by atoms with Gasteiger partial charge in [-0.2, -0.15) is 5.10 Å². The number of aliphatic carboxylic acids is 1. The average Bonchev–Trinajstić information content (AvgIpc) is 2.59. The molecule has 0 saturated heterocycles. The Morgan fingerprint density at radius 3 is 2.26 bits per heavy atom. The van der Waals surface area contributed by atoms with Gasteiger partial charge in [0, 0.05) is 6.42 Å². The first-order valence-electron chi connectivity index (χ1n) is 9.76. The first kappa shape index (κ1) is 18.0. The van der Waals surface area contributed by atoms with Crippen molar-refractivity contribution >= 4 is 18.1 Å². The third-order valence-corrected chi connectivity index (χ3v) is 6.35. The third-order valence-electron chi connectivity index (χ3n) is 6.35. The number of hydrogen-bond donors (Lipinski definition) is 2. The molecule has 0 atom stereocenters. The largest absolute Gasteiger partial charge is 0.482 e. The highest BCUT2D eigenvalue weighted by molar-refractivity contribution is 5.82. The summed E-state index contributed by atoms with van der Waals surface area (Å²) in [4.78, 5) is 22.9. The Balaban J connectivity index is 1.27. The van der Waals surface area contributed by atoms with E-state index < -0.39 is 5.97 Å². The predicted molar refractivity (Wildman–Crippen MR) is 101 cm³/mol. The number of hydrazone groups is 1. The van der Waals surface area contributed by atoms with Gasteiger partial charge in [-0.05, 0) is 91.5 Å². The number of carboxylic acid groups (broad SMARTS) is 1. The van der Waals surface area contributed by atoms with Crippen LogP contribution in [-0.4, -0.2) is 29.8 Å². The molecule has 27 heavy (non-hydrogen) atoms. The van der Waals surface area contributed by atoms with E-state index in [1.165, 1.54) is 38.5 Å². The van der Waals surface area contributed by atoms with Crippen LogP contribution in [-0.2, 0) is 9.59 Å². The quantitative estimate of drug-likeness (QED) is 0.570. The van der Waals surface area contributed by atoms with Gasteiger partial charge in [-0.3, -0.25) is 4.79 Å². The van der Waals surface area contributed by atoms with Gasteiger partial charge in [0.2, 0.25) is 5.91 Å². The maximum Gasteiger partial charge on any atom is 0.341 e. The first-order valence-corrected chi connectivity index (χ1v) is 9.76. The summed E-state index contributed by atoms with van der Waals surface area (Å²) in [5.74, 6) is 2.01. The number of ether oxygens (including phenoxy) is 1. The molecule has 0 radical (unpaired) electrons. The van der Waals surface area contributed by atoms with Crippen LogP contribution in [0.15, 0.2) is 29.4 Å².